The predicted molar refractivity (Wildman–Crippen MR) is 103 cm³/mol. The summed E-state index contributed by atoms with van der Waals surface area (Å²) in [7, 11) is 0. The first-order valence-electron chi connectivity index (χ1n) is 8.27. The number of alkyl halides is 3. The highest BCUT2D eigenvalue weighted by atomic mass is 35.5. The first kappa shape index (κ1) is 19.5. The molecule has 29 heavy (non-hydrogen) atoms. The largest absolute Gasteiger partial charge is 0.619 e. The van der Waals surface area contributed by atoms with Gasteiger partial charge in [-0.1, -0.05) is 29.3 Å². The molecule has 0 aliphatic heterocycles. The Kier molecular flexibility index (Phi) is 4.63. The van der Waals surface area contributed by atoms with E-state index in [9.17, 15) is 18.4 Å². The maximum Gasteiger partial charge on any atom is 0.433 e. The highest BCUT2D eigenvalue weighted by Crippen LogP contribution is 2.35. The van der Waals surface area contributed by atoms with Crippen LogP contribution in [0.1, 0.15) is 11.4 Å². The van der Waals surface area contributed by atoms with Gasteiger partial charge in [0.2, 0.25) is 0 Å². The van der Waals surface area contributed by atoms with Crippen LogP contribution >= 0.6 is 23.2 Å². The van der Waals surface area contributed by atoms with E-state index in [0.717, 1.165) is 10.6 Å². The van der Waals surface area contributed by atoms with Crippen molar-refractivity contribution in [3.63, 3.8) is 0 Å². The number of rotatable bonds is 2. The van der Waals surface area contributed by atoms with Crippen LogP contribution in [0.15, 0.2) is 48.8 Å². The van der Waals surface area contributed by atoms with E-state index in [4.69, 9.17) is 23.2 Å². The summed E-state index contributed by atoms with van der Waals surface area (Å²) in [6.45, 7) is 1.60. The van der Waals surface area contributed by atoms with Gasteiger partial charge in [0, 0.05) is 30.2 Å². The molecule has 0 aliphatic rings. The molecule has 0 fully saturated rings. The van der Waals surface area contributed by atoms with Crippen LogP contribution < -0.4 is 4.73 Å². The van der Waals surface area contributed by atoms with E-state index in [1.54, 1.807) is 13.0 Å². The van der Waals surface area contributed by atoms with Crippen LogP contribution in [0.2, 0.25) is 10.0 Å². The standard InChI is InChI=1S/C19H11Cl2F3N4O/c1-10-6-11(4-5-27(10)29)13-9-25-28-17(19(22,23)24)8-16(26-18(13)28)12-2-3-14(20)15(21)7-12/h2-9H,1H3. The normalized spacial score (nSPS) is 11.9. The van der Waals surface area contributed by atoms with Gasteiger partial charge in [-0.25, -0.2) is 9.50 Å². The lowest BCUT2D eigenvalue weighted by Crippen LogP contribution is -2.28. The number of halogens is 5. The molecule has 0 unspecified atom stereocenters. The van der Waals surface area contributed by atoms with Crippen molar-refractivity contribution < 1.29 is 17.9 Å². The fourth-order valence-electron chi connectivity index (χ4n) is 2.94. The average Bonchev–Trinajstić information content (AvgIpc) is 3.08. The zero-order valence-corrected chi connectivity index (χ0v) is 16.2. The van der Waals surface area contributed by atoms with Crippen molar-refractivity contribution in [2.24, 2.45) is 0 Å². The Morgan fingerprint density at radius 2 is 1.79 bits per heavy atom. The first-order valence-corrected chi connectivity index (χ1v) is 9.02. The number of nitrogens with zero attached hydrogens (tertiary/aromatic N) is 4. The summed E-state index contributed by atoms with van der Waals surface area (Å²) in [6, 6.07) is 8.44. The summed E-state index contributed by atoms with van der Waals surface area (Å²) in [5.74, 6) is 0. The van der Waals surface area contributed by atoms with Crippen molar-refractivity contribution in [1.29, 1.82) is 0 Å². The molecule has 0 saturated carbocycles. The SMILES string of the molecule is Cc1cc(-c2cnn3c(C(F)(F)F)cc(-c4ccc(Cl)c(Cl)c4)nc23)cc[n+]1[O-]. The van der Waals surface area contributed by atoms with Crippen molar-refractivity contribution >= 4 is 28.8 Å². The van der Waals surface area contributed by atoms with Gasteiger partial charge in [0.05, 0.1) is 21.9 Å². The molecule has 3 aromatic heterocycles. The van der Waals surface area contributed by atoms with Gasteiger partial charge in [-0.05, 0) is 23.8 Å². The van der Waals surface area contributed by atoms with E-state index in [2.05, 4.69) is 10.1 Å². The zero-order valence-electron chi connectivity index (χ0n) is 14.7. The summed E-state index contributed by atoms with van der Waals surface area (Å²) in [5, 5.41) is 16.0. The van der Waals surface area contributed by atoms with Crippen molar-refractivity contribution in [1.82, 2.24) is 14.6 Å². The molecule has 1 aromatic carbocycles. The van der Waals surface area contributed by atoms with Gasteiger partial charge in [0.15, 0.2) is 23.2 Å². The third-order valence-corrected chi connectivity index (χ3v) is 5.13. The summed E-state index contributed by atoms with van der Waals surface area (Å²) < 4.78 is 42.5. The maximum atomic E-state index is 13.7. The summed E-state index contributed by atoms with van der Waals surface area (Å²) in [4.78, 5) is 4.39. The highest BCUT2D eigenvalue weighted by molar-refractivity contribution is 6.42. The lowest BCUT2D eigenvalue weighted by Gasteiger charge is -2.12. The lowest BCUT2D eigenvalue weighted by atomic mass is 10.1. The van der Waals surface area contributed by atoms with Crippen LogP contribution in [-0.2, 0) is 6.18 Å². The molecule has 0 spiro atoms. The van der Waals surface area contributed by atoms with Gasteiger partial charge in [0.1, 0.15) is 0 Å². The van der Waals surface area contributed by atoms with E-state index < -0.39 is 11.9 Å². The Balaban J connectivity index is 2.01. The lowest BCUT2D eigenvalue weighted by molar-refractivity contribution is -0.612. The van der Waals surface area contributed by atoms with E-state index in [1.807, 2.05) is 0 Å². The number of hydrogen-bond donors (Lipinski definition) is 0. The van der Waals surface area contributed by atoms with E-state index in [1.165, 1.54) is 36.7 Å². The smallest absolute Gasteiger partial charge is 0.433 e. The zero-order chi connectivity index (χ0) is 20.9. The fourth-order valence-corrected chi connectivity index (χ4v) is 3.24. The molecular weight excluding hydrogens is 428 g/mol. The fraction of sp³-hybridized carbons (Fsp3) is 0.105. The third-order valence-electron chi connectivity index (χ3n) is 4.39. The van der Waals surface area contributed by atoms with Crippen LogP contribution in [0.5, 0.6) is 0 Å². The molecule has 0 radical (unpaired) electrons. The van der Waals surface area contributed by atoms with Gasteiger partial charge in [-0.3, -0.25) is 0 Å². The number of hydrogen-bond acceptors (Lipinski definition) is 3. The average molecular weight is 439 g/mol. The molecule has 5 nitrogen and oxygen atoms in total. The second-order valence-electron chi connectivity index (χ2n) is 6.33. The van der Waals surface area contributed by atoms with Crippen molar-refractivity contribution in [2.75, 3.05) is 0 Å². The van der Waals surface area contributed by atoms with Crippen LogP contribution in [0.4, 0.5) is 13.2 Å². The molecule has 0 N–H and O–H groups in total. The topological polar surface area (TPSA) is 57.1 Å². The molecule has 4 aromatic rings. The van der Waals surface area contributed by atoms with Gasteiger partial charge in [-0.2, -0.15) is 23.0 Å². The Morgan fingerprint density at radius 3 is 2.45 bits per heavy atom. The maximum absolute atomic E-state index is 13.7. The van der Waals surface area contributed by atoms with E-state index in [-0.39, 0.29) is 21.4 Å². The Hall–Kier alpha value is -2.84. The number of pyridine rings is 1. The molecule has 0 aliphatic carbocycles. The molecule has 0 atom stereocenters. The molecule has 148 valence electrons. The molecule has 0 amide bonds. The molecule has 0 bridgehead atoms. The molecular formula is C19H11Cl2F3N4O. The molecule has 3 heterocycles. The van der Waals surface area contributed by atoms with Gasteiger partial charge >= 0.3 is 6.18 Å². The monoisotopic (exact) mass is 438 g/mol. The summed E-state index contributed by atoms with van der Waals surface area (Å²) in [5.41, 5.74) is 0.736. The minimum Gasteiger partial charge on any atom is -0.619 e. The summed E-state index contributed by atoms with van der Waals surface area (Å²) >= 11 is 11.9. The Bertz CT molecular complexity index is 1250. The van der Waals surface area contributed by atoms with Gasteiger partial charge in [0.25, 0.3) is 0 Å². The van der Waals surface area contributed by atoms with Gasteiger partial charge < -0.3 is 5.21 Å². The van der Waals surface area contributed by atoms with Crippen LogP contribution in [-0.4, -0.2) is 14.6 Å². The van der Waals surface area contributed by atoms with E-state index >= 15 is 0 Å². The van der Waals surface area contributed by atoms with Crippen molar-refractivity contribution in [2.45, 2.75) is 13.1 Å². The third kappa shape index (κ3) is 3.49. The number of fused-ring (bicyclic) bond motifs is 1. The van der Waals surface area contributed by atoms with Crippen molar-refractivity contribution in [3.8, 4) is 22.4 Å². The molecule has 0 saturated heterocycles. The minimum absolute atomic E-state index is 0.00365. The van der Waals surface area contributed by atoms with Crippen LogP contribution in [0, 0.1) is 12.1 Å². The van der Waals surface area contributed by atoms with Gasteiger partial charge in [-0.15, -0.1) is 0 Å². The minimum atomic E-state index is -4.67. The van der Waals surface area contributed by atoms with Crippen LogP contribution in [0.3, 0.4) is 0 Å². The Morgan fingerprint density at radius 1 is 1.03 bits per heavy atom. The molecule has 4 rings (SSSR count). The number of aromatic nitrogens is 4. The highest BCUT2D eigenvalue weighted by Gasteiger charge is 2.35. The number of aryl methyl sites for hydroxylation is 1. The number of benzene rings is 1. The second-order valence-corrected chi connectivity index (χ2v) is 7.14. The van der Waals surface area contributed by atoms with E-state index in [0.29, 0.717) is 27.1 Å². The second kappa shape index (κ2) is 6.89. The van der Waals surface area contributed by atoms with Crippen molar-refractivity contribution in [3.05, 3.63) is 75.4 Å². The summed E-state index contributed by atoms with van der Waals surface area (Å²) in [6.07, 6.45) is -2.10. The molecule has 10 heteroatoms. The Labute approximate surface area is 172 Å². The quantitative estimate of drug-likeness (QED) is 0.313. The van der Waals surface area contributed by atoms with Crippen LogP contribution in [0.25, 0.3) is 28.0 Å². The predicted octanol–water partition coefficient (Wildman–Crippen LogP) is 5.33. The first-order chi connectivity index (χ1) is 13.6.